The van der Waals surface area contributed by atoms with Gasteiger partial charge in [-0.15, -0.1) is 0 Å². The number of nitrogens with zero attached hydrogens (tertiary/aromatic N) is 2. The molecular formula is C21H26N4O2S. The molecule has 0 saturated heterocycles. The van der Waals surface area contributed by atoms with E-state index in [9.17, 15) is 0 Å². The van der Waals surface area contributed by atoms with Gasteiger partial charge in [0.1, 0.15) is 6.61 Å². The number of aromatic amines is 1. The maximum absolute atomic E-state index is 6.01. The van der Waals surface area contributed by atoms with Crippen LogP contribution in [0.4, 0.5) is 0 Å². The Hall–Kier alpha value is -2.80. The second-order valence-electron chi connectivity index (χ2n) is 6.46. The highest BCUT2D eigenvalue weighted by Crippen LogP contribution is 2.29. The van der Waals surface area contributed by atoms with Crippen LogP contribution in [0.1, 0.15) is 36.4 Å². The quantitative estimate of drug-likeness (QED) is 0.519. The van der Waals surface area contributed by atoms with Crippen LogP contribution in [0.2, 0.25) is 0 Å². The molecule has 2 N–H and O–H groups in total. The maximum Gasteiger partial charge on any atom is 0.214 e. The number of nitrogens with one attached hydrogen (secondary N) is 2. The van der Waals surface area contributed by atoms with Gasteiger partial charge in [0.15, 0.2) is 17.3 Å². The third-order valence-corrected chi connectivity index (χ3v) is 4.56. The SMILES string of the molecule is CCOc1cc(CNn2c(CC)n[nH]c2=S)ccc1OCc1cccc(C)c1. The lowest BCUT2D eigenvalue weighted by atomic mass is 10.1. The number of aryl methyl sites for hydroxylation is 2. The van der Waals surface area contributed by atoms with Gasteiger partial charge in [0.05, 0.1) is 13.2 Å². The van der Waals surface area contributed by atoms with E-state index in [0.717, 1.165) is 34.9 Å². The lowest BCUT2D eigenvalue weighted by Gasteiger charge is -2.15. The van der Waals surface area contributed by atoms with Crippen molar-refractivity contribution in [2.24, 2.45) is 0 Å². The van der Waals surface area contributed by atoms with Crippen molar-refractivity contribution in [1.29, 1.82) is 0 Å². The molecule has 2 aromatic carbocycles. The van der Waals surface area contributed by atoms with Crippen molar-refractivity contribution in [3.8, 4) is 11.5 Å². The van der Waals surface area contributed by atoms with E-state index in [4.69, 9.17) is 21.7 Å². The zero-order valence-electron chi connectivity index (χ0n) is 16.5. The van der Waals surface area contributed by atoms with Gasteiger partial charge in [0, 0.05) is 6.42 Å². The van der Waals surface area contributed by atoms with Gasteiger partial charge in [-0.25, -0.2) is 4.68 Å². The number of benzene rings is 2. The van der Waals surface area contributed by atoms with Crippen LogP contribution in [-0.2, 0) is 19.6 Å². The summed E-state index contributed by atoms with van der Waals surface area (Å²) < 4.78 is 14.2. The highest BCUT2D eigenvalue weighted by molar-refractivity contribution is 7.71. The minimum Gasteiger partial charge on any atom is -0.490 e. The Morgan fingerprint density at radius 3 is 2.68 bits per heavy atom. The molecule has 0 saturated carbocycles. The molecule has 1 aromatic heterocycles. The topological polar surface area (TPSA) is 64.1 Å². The van der Waals surface area contributed by atoms with Crippen LogP contribution < -0.4 is 14.9 Å². The van der Waals surface area contributed by atoms with Crippen molar-refractivity contribution in [2.45, 2.75) is 40.3 Å². The summed E-state index contributed by atoms with van der Waals surface area (Å²) in [7, 11) is 0. The van der Waals surface area contributed by atoms with E-state index >= 15 is 0 Å². The highest BCUT2D eigenvalue weighted by Gasteiger charge is 2.09. The molecule has 0 amide bonds. The zero-order chi connectivity index (χ0) is 19.9. The van der Waals surface area contributed by atoms with Gasteiger partial charge < -0.3 is 14.9 Å². The molecule has 0 aliphatic heterocycles. The summed E-state index contributed by atoms with van der Waals surface area (Å²) in [6.07, 6.45) is 0.788. The van der Waals surface area contributed by atoms with Crippen molar-refractivity contribution < 1.29 is 9.47 Å². The smallest absolute Gasteiger partial charge is 0.214 e. The standard InChI is InChI=1S/C21H26N4O2S/c1-4-20-23-24-21(28)25(20)22-13-16-9-10-18(19(12-16)26-5-2)27-14-17-8-6-7-15(3)11-17/h6-12,22H,4-5,13-14H2,1-3H3,(H,24,28). The van der Waals surface area contributed by atoms with Crippen molar-refractivity contribution in [3.05, 3.63) is 69.8 Å². The first-order chi connectivity index (χ1) is 13.6. The molecule has 0 unspecified atom stereocenters. The van der Waals surface area contributed by atoms with Crippen LogP contribution >= 0.6 is 12.2 Å². The predicted molar refractivity (Wildman–Crippen MR) is 113 cm³/mol. The summed E-state index contributed by atoms with van der Waals surface area (Å²) in [4.78, 5) is 0. The van der Waals surface area contributed by atoms with Gasteiger partial charge in [-0.2, -0.15) is 5.10 Å². The van der Waals surface area contributed by atoms with E-state index in [1.807, 2.05) is 38.1 Å². The molecule has 3 aromatic rings. The lowest BCUT2D eigenvalue weighted by molar-refractivity contribution is 0.269. The van der Waals surface area contributed by atoms with Gasteiger partial charge in [-0.1, -0.05) is 42.8 Å². The third-order valence-electron chi connectivity index (χ3n) is 4.28. The van der Waals surface area contributed by atoms with Crippen LogP contribution in [0.15, 0.2) is 42.5 Å². The van der Waals surface area contributed by atoms with Crippen molar-refractivity contribution in [2.75, 3.05) is 12.0 Å². The molecule has 0 aliphatic rings. The van der Waals surface area contributed by atoms with Gasteiger partial charge in [-0.05, 0) is 49.3 Å². The summed E-state index contributed by atoms with van der Waals surface area (Å²) in [6.45, 7) is 7.75. The Morgan fingerprint density at radius 1 is 1.07 bits per heavy atom. The van der Waals surface area contributed by atoms with Gasteiger partial charge in [0.25, 0.3) is 0 Å². The highest BCUT2D eigenvalue weighted by atomic mass is 32.1. The Balaban J connectivity index is 1.71. The summed E-state index contributed by atoms with van der Waals surface area (Å²) in [5, 5.41) is 7.02. The molecule has 0 fully saturated rings. The summed E-state index contributed by atoms with van der Waals surface area (Å²) in [6, 6.07) is 14.3. The molecule has 3 rings (SSSR count). The van der Waals surface area contributed by atoms with E-state index in [1.165, 1.54) is 5.56 Å². The summed E-state index contributed by atoms with van der Waals surface area (Å²) >= 11 is 5.27. The number of aromatic nitrogens is 3. The van der Waals surface area contributed by atoms with Crippen LogP contribution in [0.25, 0.3) is 0 Å². The number of hydrogen-bond donors (Lipinski definition) is 2. The van der Waals surface area contributed by atoms with E-state index in [0.29, 0.717) is 24.5 Å². The minimum absolute atomic E-state index is 0.503. The number of H-pyrrole nitrogens is 1. The molecule has 1 heterocycles. The van der Waals surface area contributed by atoms with E-state index < -0.39 is 0 Å². The van der Waals surface area contributed by atoms with Crippen molar-refractivity contribution >= 4 is 12.2 Å². The van der Waals surface area contributed by atoms with Crippen LogP contribution in [-0.4, -0.2) is 21.5 Å². The van der Waals surface area contributed by atoms with Crippen LogP contribution in [0.5, 0.6) is 11.5 Å². The summed E-state index contributed by atoms with van der Waals surface area (Å²) in [5.41, 5.74) is 6.72. The van der Waals surface area contributed by atoms with E-state index in [2.05, 4.69) is 40.7 Å². The number of ether oxygens (including phenoxy) is 2. The molecule has 0 aliphatic carbocycles. The van der Waals surface area contributed by atoms with E-state index in [-0.39, 0.29) is 0 Å². The molecule has 148 valence electrons. The first-order valence-electron chi connectivity index (χ1n) is 9.45. The van der Waals surface area contributed by atoms with Crippen molar-refractivity contribution in [1.82, 2.24) is 14.9 Å². The zero-order valence-corrected chi connectivity index (χ0v) is 17.3. The predicted octanol–water partition coefficient (Wildman–Crippen LogP) is 4.53. The van der Waals surface area contributed by atoms with Gasteiger partial charge in [-0.3, -0.25) is 5.10 Å². The second kappa shape index (κ2) is 9.41. The Kier molecular flexibility index (Phi) is 6.71. The van der Waals surface area contributed by atoms with Crippen molar-refractivity contribution in [3.63, 3.8) is 0 Å². The minimum atomic E-state index is 0.503. The molecule has 0 bridgehead atoms. The van der Waals surface area contributed by atoms with Crippen LogP contribution in [0.3, 0.4) is 0 Å². The molecule has 6 nitrogen and oxygen atoms in total. The fourth-order valence-corrected chi connectivity index (χ4v) is 3.13. The molecule has 7 heteroatoms. The molecule has 0 spiro atoms. The monoisotopic (exact) mass is 398 g/mol. The van der Waals surface area contributed by atoms with Gasteiger partial charge in [0.2, 0.25) is 4.77 Å². The number of rotatable bonds is 9. The fraction of sp³-hybridized carbons (Fsp3) is 0.333. The third kappa shape index (κ3) is 4.92. The summed E-state index contributed by atoms with van der Waals surface area (Å²) in [5.74, 6) is 2.34. The molecule has 0 radical (unpaired) electrons. The van der Waals surface area contributed by atoms with Crippen LogP contribution in [0, 0.1) is 11.7 Å². The largest absolute Gasteiger partial charge is 0.490 e. The first-order valence-corrected chi connectivity index (χ1v) is 9.85. The molecule has 28 heavy (non-hydrogen) atoms. The van der Waals surface area contributed by atoms with E-state index in [1.54, 1.807) is 4.68 Å². The Bertz CT molecular complexity index is 981. The normalized spacial score (nSPS) is 10.7. The average Bonchev–Trinajstić information content (AvgIpc) is 3.05. The fourth-order valence-electron chi connectivity index (χ4n) is 2.91. The second-order valence-corrected chi connectivity index (χ2v) is 6.85. The molecule has 0 atom stereocenters. The van der Waals surface area contributed by atoms with Gasteiger partial charge >= 0.3 is 0 Å². The lowest BCUT2D eigenvalue weighted by Crippen LogP contribution is -2.17. The molecular weight excluding hydrogens is 372 g/mol. The Labute approximate surface area is 170 Å². The first kappa shape index (κ1) is 19.9. The average molecular weight is 399 g/mol. The Morgan fingerprint density at radius 2 is 1.93 bits per heavy atom. The number of hydrogen-bond acceptors (Lipinski definition) is 5. The maximum atomic E-state index is 6.01.